The van der Waals surface area contributed by atoms with E-state index in [1.54, 1.807) is 0 Å². The van der Waals surface area contributed by atoms with Crippen molar-refractivity contribution in [3.05, 3.63) is 46.5 Å². The molecule has 0 saturated carbocycles. The van der Waals surface area contributed by atoms with Gasteiger partial charge >= 0.3 is 12.0 Å². The van der Waals surface area contributed by atoms with Crippen LogP contribution in [0.5, 0.6) is 0 Å². The second-order valence-electron chi connectivity index (χ2n) is 5.44. The third-order valence-corrected chi connectivity index (χ3v) is 4.10. The number of carboxylic acids is 1. The molecule has 0 aliphatic carbocycles. The third-order valence-electron chi connectivity index (χ3n) is 3.19. The monoisotopic (exact) mass is 371 g/mol. The number of carbonyl (C=O) groups excluding carboxylic acids is 1. The molecule has 10 heteroatoms. The van der Waals surface area contributed by atoms with Gasteiger partial charge in [-0.3, -0.25) is 5.32 Å². The number of carbonyl (C=O) groups is 2. The molecule has 1 aromatic carbocycles. The first-order chi connectivity index (χ1) is 11.7. The number of carboxylic acid groups (broad SMARTS) is 1. The predicted molar refractivity (Wildman–Crippen MR) is 86.6 cm³/mol. The molecule has 0 aliphatic heterocycles. The largest absolute Gasteiger partial charge is 0.479 e. The highest BCUT2D eigenvalue weighted by Crippen LogP contribution is 2.22. The molecule has 0 fully saturated rings. The Morgan fingerprint density at radius 3 is 2.68 bits per heavy atom. The van der Waals surface area contributed by atoms with Crippen LogP contribution >= 0.6 is 11.3 Å². The zero-order valence-electron chi connectivity index (χ0n) is 13.0. The maximum atomic E-state index is 13.2. The number of aromatic nitrogens is 1. The molecule has 25 heavy (non-hydrogen) atoms. The van der Waals surface area contributed by atoms with Crippen LogP contribution in [0.1, 0.15) is 17.4 Å². The Bertz CT molecular complexity index is 795. The molecule has 2 amide bonds. The van der Waals surface area contributed by atoms with Crippen molar-refractivity contribution in [1.29, 1.82) is 0 Å². The van der Waals surface area contributed by atoms with Crippen LogP contribution < -0.4 is 10.6 Å². The molecule has 0 saturated heterocycles. The van der Waals surface area contributed by atoms with Gasteiger partial charge in [0.2, 0.25) is 0 Å². The molecule has 1 atom stereocenters. The highest BCUT2D eigenvalue weighted by atomic mass is 32.1. The average molecular weight is 371 g/mol. The van der Waals surface area contributed by atoms with Crippen LogP contribution in [-0.4, -0.2) is 39.3 Å². The molecule has 1 heterocycles. The molecule has 4 N–H and O–H groups in total. The minimum Gasteiger partial charge on any atom is -0.479 e. The minimum atomic E-state index is -2.09. The molecule has 1 aromatic heterocycles. The summed E-state index contributed by atoms with van der Waals surface area (Å²) in [4.78, 5) is 27.1. The first kappa shape index (κ1) is 18.7. The number of rotatable bonds is 6. The van der Waals surface area contributed by atoms with E-state index >= 15 is 0 Å². The number of nitrogens with zero attached hydrogens (tertiary/aromatic N) is 1. The molecule has 7 nitrogen and oxygen atoms in total. The van der Waals surface area contributed by atoms with Gasteiger partial charge in [-0.2, -0.15) is 0 Å². The van der Waals surface area contributed by atoms with Gasteiger partial charge in [0.05, 0.1) is 6.54 Å². The number of hydrogen-bond acceptors (Lipinski definition) is 5. The fourth-order valence-corrected chi connectivity index (χ4v) is 2.61. The fraction of sp³-hybridized carbons (Fsp3) is 0.267. The maximum absolute atomic E-state index is 13.2. The molecule has 2 aromatic rings. The van der Waals surface area contributed by atoms with Crippen molar-refractivity contribution in [2.45, 2.75) is 18.9 Å². The number of anilines is 1. The van der Waals surface area contributed by atoms with Gasteiger partial charge in [-0.15, -0.1) is 11.3 Å². The van der Waals surface area contributed by atoms with Crippen LogP contribution in [0.4, 0.5) is 18.7 Å². The summed E-state index contributed by atoms with van der Waals surface area (Å²) in [5, 5.41) is 23.1. The Hall–Kier alpha value is -2.59. The van der Waals surface area contributed by atoms with Crippen LogP contribution in [0.25, 0.3) is 0 Å². The molecule has 0 aliphatic rings. The van der Waals surface area contributed by atoms with Gasteiger partial charge in [-0.25, -0.2) is 23.4 Å². The van der Waals surface area contributed by atoms with Crippen molar-refractivity contribution in [1.82, 2.24) is 10.3 Å². The van der Waals surface area contributed by atoms with Crippen molar-refractivity contribution in [3.8, 4) is 0 Å². The number of halogens is 2. The van der Waals surface area contributed by atoms with E-state index in [1.165, 1.54) is 12.3 Å². The van der Waals surface area contributed by atoms with E-state index in [1.807, 2.05) is 0 Å². The minimum absolute atomic E-state index is 0.241. The Labute approximate surface area is 145 Å². The summed E-state index contributed by atoms with van der Waals surface area (Å²) in [6.45, 7) is 0.570. The van der Waals surface area contributed by atoms with E-state index in [-0.39, 0.29) is 5.13 Å². The van der Waals surface area contributed by atoms with Crippen molar-refractivity contribution in [2.75, 3.05) is 11.9 Å². The predicted octanol–water partition coefficient (Wildman–Crippen LogP) is 1.97. The van der Waals surface area contributed by atoms with Gasteiger partial charge in [0, 0.05) is 17.5 Å². The fourth-order valence-electron chi connectivity index (χ4n) is 1.77. The van der Waals surface area contributed by atoms with E-state index in [9.17, 15) is 23.5 Å². The van der Waals surface area contributed by atoms with E-state index in [2.05, 4.69) is 15.6 Å². The lowest BCUT2D eigenvalue weighted by Crippen LogP contribution is -2.47. The number of urea groups is 1. The van der Waals surface area contributed by atoms with Crippen LogP contribution in [0.2, 0.25) is 0 Å². The summed E-state index contributed by atoms with van der Waals surface area (Å²) in [5.41, 5.74) is -1.53. The summed E-state index contributed by atoms with van der Waals surface area (Å²) in [5.74, 6) is -3.33. The van der Waals surface area contributed by atoms with Gasteiger partial charge in [-0.1, -0.05) is 6.07 Å². The standard InChI is InChI=1S/C15H15F2N3O4S/c1-15(24,12(21)22)7-19-13(23)20-14-18-6-9(25-14)4-8-2-3-10(16)11(17)5-8/h2-3,5-6,24H,4,7H2,1H3,(H,21,22)(H2,18,19,20,23). The van der Waals surface area contributed by atoms with Gasteiger partial charge in [0.15, 0.2) is 22.4 Å². The average Bonchev–Trinajstić information content (AvgIpc) is 2.96. The highest BCUT2D eigenvalue weighted by molar-refractivity contribution is 7.15. The second-order valence-corrected chi connectivity index (χ2v) is 6.56. The normalized spacial score (nSPS) is 13.1. The smallest absolute Gasteiger partial charge is 0.337 e. The second kappa shape index (κ2) is 7.53. The van der Waals surface area contributed by atoms with Crippen molar-refractivity contribution in [3.63, 3.8) is 0 Å². The molecular formula is C15H15F2N3O4S. The molecule has 134 valence electrons. The number of amides is 2. The lowest BCUT2D eigenvalue weighted by Gasteiger charge is -2.18. The van der Waals surface area contributed by atoms with Crippen LogP contribution in [0, 0.1) is 11.6 Å². The summed E-state index contributed by atoms with van der Waals surface area (Å²) in [6.07, 6.45) is 1.79. The molecule has 1 unspecified atom stereocenters. The first-order valence-corrected chi connectivity index (χ1v) is 7.88. The summed E-state index contributed by atoms with van der Waals surface area (Å²) < 4.78 is 26.1. The summed E-state index contributed by atoms with van der Waals surface area (Å²) in [7, 11) is 0. The van der Waals surface area contributed by atoms with Gasteiger partial charge in [-0.05, 0) is 24.6 Å². The van der Waals surface area contributed by atoms with Crippen LogP contribution in [0.3, 0.4) is 0 Å². The number of aliphatic hydroxyl groups is 1. The van der Waals surface area contributed by atoms with E-state index in [0.29, 0.717) is 16.9 Å². The SMILES string of the molecule is CC(O)(CNC(=O)Nc1ncc(Cc2ccc(F)c(F)c2)s1)C(=O)O. The van der Waals surface area contributed by atoms with Crippen LogP contribution in [0.15, 0.2) is 24.4 Å². The Kier molecular flexibility index (Phi) is 5.65. The number of hydrogen-bond donors (Lipinski definition) is 4. The van der Waals surface area contributed by atoms with Gasteiger partial charge in [0.25, 0.3) is 0 Å². The molecular weight excluding hydrogens is 356 g/mol. The highest BCUT2D eigenvalue weighted by Gasteiger charge is 2.30. The van der Waals surface area contributed by atoms with Gasteiger partial charge in [0.1, 0.15) is 0 Å². The topological polar surface area (TPSA) is 112 Å². The lowest BCUT2D eigenvalue weighted by molar-refractivity contribution is -0.155. The summed E-state index contributed by atoms with van der Waals surface area (Å²) in [6, 6.07) is 2.84. The van der Waals surface area contributed by atoms with E-state index in [0.717, 1.165) is 30.4 Å². The van der Waals surface area contributed by atoms with Gasteiger partial charge < -0.3 is 15.5 Å². The maximum Gasteiger partial charge on any atom is 0.337 e. The number of thiazole rings is 1. The molecule has 0 spiro atoms. The van der Waals surface area contributed by atoms with E-state index in [4.69, 9.17) is 5.11 Å². The lowest BCUT2D eigenvalue weighted by atomic mass is 10.1. The quantitative estimate of drug-likeness (QED) is 0.620. The molecule has 0 bridgehead atoms. The van der Waals surface area contributed by atoms with Crippen molar-refractivity contribution in [2.24, 2.45) is 0 Å². The first-order valence-electron chi connectivity index (χ1n) is 7.06. The number of aliphatic carboxylic acids is 1. The third kappa shape index (κ3) is 5.19. The number of benzene rings is 1. The summed E-state index contributed by atoms with van der Waals surface area (Å²) >= 11 is 1.13. The number of nitrogens with one attached hydrogen (secondary N) is 2. The zero-order chi connectivity index (χ0) is 18.6. The Balaban J connectivity index is 1.91. The van der Waals surface area contributed by atoms with Crippen LogP contribution in [-0.2, 0) is 11.2 Å². The van der Waals surface area contributed by atoms with Crippen molar-refractivity contribution < 1.29 is 28.6 Å². The Morgan fingerprint density at radius 1 is 1.32 bits per heavy atom. The molecule has 0 radical (unpaired) electrons. The molecule has 2 rings (SSSR count). The van der Waals surface area contributed by atoms with E-state index < -0.39 is 35.8 Å². The Morgan fingerprint density at radius 2 is 2.04 bits per heavy atom. The van der Waals surface area contributed by atoms with Crippen molar-refractivity contribution >= 4 is 28.5 Å². The zero-order valence-corrected chi connectivity index (χ0v) is 13.9.